The number of aryl methyl sites for hydroxylation is 2. The van der Waals surface area contributed by atoms with Gasteiger partial charge in [0, 0.05) is 24.5 Å². The van der Waals surface area contributed by atoms with Gasteiger partial charge in [-0.1, -0.05) is 0 Å². The summed E-state index contributed by atoms with van der Waals surface area (Å²) in [7, 11) is 0. The highest BCUT2D eigenvalue weighted by Crippen LogP contribution is 2.28. The summed E-state index contributed by atoms with van der Waals surface area (Å²) in [5.41, 5.74) is 6.92. The molecule has 0 aliphatic heterocycles. The summed E-state index contributed by atoms with van der Waals surface area (Å²) in [6, 6.07) is 4.36. The van der Waals surface area contributed by atoms with Crippen LogP contribution >= 0.6 is 0 Å². The Balaban J connectivity index is 0.000000201. The SMILES string of the molecule is Cc1nn(-c2ccc(C(F)(F)F)nc2)cc1C=O.Cc1nn(-c2ccc(C(F)(F)F)nc2)cc1CN. The fourth-order valence-corrected chi connectivity index (χ4v) is 2.93. The Labute approximate surface area is 200 Å². The molecule has 0 aliphatic rings. The molecule has 0 saturated carbocycles. The Morgan fingerprint density at radius 3 is 1.61 bits per heavy atom. The third-order valence-electron chi connectivity index (χ3n) is 4.89. The van der Waals surface area contributed by atoms with Gasteiger partial charge in [-0.15, -0.1) is 0 Å². The molecule has 2 N–H and O–H groups in total. The number of nitrogens with zero attached hydrogens (tertiary/aromatic N) is 6. The highest BCUT2D eigenvalue weighted by atomic mass is 19.4. The van der Waals surface area contributed by atoms with Crippen molar-refractivity contribution in [1.29, 1.82) is 0 Å². The van der Waals surface area contributed by atoms with Crippen LogP contribution < -0.4 is 5.73 Å². The minimum atomic E-state index is -4.47. The molecule has 0 radical (unpaired) electrons. The lowest BCUT2D eigenvalue weighted by molar-refractivity contribution is -0.141. The Morgan fingerprint density at radius 2 is 1.28 bits per heavy atom. The van der Waals surface area contributed by atoms with Crippen molar-refractivity contribution >= 4 is 6.29 Å². The van der Waals surface area contributed by atoms with Crippen molar-refractivity contribution in [1.82, 2.24) is 29.5 Å². The molecule has 190 valence electrons. The summed E-state index contributed by atoms with van der Waals surface area (Å²) in [6.45, 7) is 3.76. The zero-order valence-corrected chi connectivity index (χ0v) is 18.8. The molecule has 8 nitrogen and oxygen atoms in total. The van der Waals surface area contributed by atoms with E-state index in [0.717, 1.165) is 35.8 Å². The maximum atomic E-state index is 12.3. The molecule has 0 atom stereocenters. The van der Waals surface area contributed by atoms with Gasteiger partial charge in [-0.25, -0.2) is 19.3 Å². The monoisotopic (exact) mass is 511 g/mol. The molecule has 0 aliphatic carbocycles. The van der Waals surface area contributed by atoms with Crippen molar-refractivity contribution in [3.8, 4) is 11.4 Å². The number of carbonyl (C=O) groups is 1. The third-order valence-corrected chi connectivity index (χ3v) is 4.89. The van der Waals surface area contributed by atoms with Gasteiger partial charge in [-0.05, 0) is 38.1 Å². The average molecular weight is 511 g/mol. The van der Waals surface area contributed by atoms with Crippen LogP contribution in [0.1, 0.15) is 38.7 Å². The zero-order chi connectivity index (χ0) is 26.7. The summed E-state index contributed by atoms with van der Waals surface area (Å²) in [5, 5.41) is 8.17. The molecule has 0 bridgehead atoms. The lowest BCUT2D eigenvalue weighted by atomic mass is 10.3. The second kappa shape index (κ2) is 10.3. The topological polar surface area (TPSA) is 105 Å². The Bertz CT molecular complexity index is 1320. The van der Waals surface area contributed by atoms with Gasteiger partial charge in [0.05, 0.1) is 40.7 Å². The third kappa shape index (κ3) is 6.13. The van der Waals surface area contributed by atoms with Crippen molar-refractivity contribution in [2.75, 3.05) is 0 Å². The van der Waals surface area contributed by atoms with E-state index in [9.17, 15) is 31.1 Å². The molecule has 0 spiro atoms. The highest BCUT2D eigenvalue weighted by molar-refractivity contribution is 5.76. The normalized spacial score (nSPS) is 11.7. The largest absolute Gasteiger partial charge is 0.433 e. The lowest BCUT2D eigenvalue weighted by Gasteiger charge is -2.06. The van der Waals surface area contributed by atoms with E-state index in [2.05, 4.69) is 20.2 Å². The van der Waals surface area contributed by atoms with E-state index in [4.69, 9.17) is 5.73 Å². The lowest BCUT2D eigenvalue weighted by Crippen LogP contribution is -2.08. The zero-order valence-electron chi connectivity index (χ0n) is 18.8. The number of pyridine rings is 2. The number of hydrogen-bond acceptors (Lipinski definition) is 6. The maximum absolute atomic E-state index is 12.3. The smallest absolute Gasteiger partial charge is 0.326 e. The van der Waals surface area contributed by atoms with Gasteiger partial charge in [0.1, 0.15) is 11.4 Å². The molecule has 0 aromatic carbocycles. The summed E-state index contributed by atoms with van der Waals surface area (Å²) >= 11 is 0. The van der Waals surface area contributed by atoms with E-state index in [-0.39, 0.29) is 0 Å². The van der Waals surface area contributed by atoms with Crippen LogP contribution in [0.2, 0.25) is 0 Å². The number of hydrogen-bond donors (Lipinski definition) is 1. The van der Waals surface area contributed by atoms with Crippen LogP contribution in [0.25, 0.3) is 11.4 Å². The van der Waals surface area contributed by atoms with E-state index in [1.54, 1.807) is 20.0 Å². The standard InChI is InChI=1S/C11H11F3N4.C11H8F3N3O/c1-7-8(4-15)6-18(17-7)9-2-3-10(16-5-9)11(12,13)14;1-7-8(6-18)5-17(16-7)9-2-3-10(15-4-9)11(12,13)14/h2-3,5-6H,4,15H2,1H3;2-6H,1H3. The van der Waals surface area contributed by atoms with E-state index in [1.165, 1.54) is 27.7 Å². The van der Waals surface area contributed by atoms with E-state index >= 15 is 0 Å². The van der Waals surface area contributed by atoms with Crippen LogP contribution in [0.5, 0.6) is 0 Å². The van der Waals surface area contributed by atoms with Crippen LogP contribution in [0.15, 0.2) is 49.1 Å². The van der Waals surface area contributed by atoms with Crippen molar-refractivity contribution in [2.24, 2.45) is 5.73 Å². The quantitative estimate of drug-likeness (QED) is 0.321. The van der Waals surface area contributed by atoms with Crippen molar-refractivity contribution < 1.29 is 31.1 Å². The van der Waals surface area contributed by atoms with Gasteiger partial charge in [-0.2, -0.15) is 36.5 Å². The molecule has 0 saturated heterocycles. The van der Waals surface area contributed by atoms with Crippen LogP contribution in [0.4, 0.5) is 26.3 Å². The second-order valence-corrected chi connectivity index (χ2v) is 7.42. The minimum Gasteiger partial charge on any atom is -0.326 e. The van der Waals surface area contributed by atoms with Gasteiger partial charge in [0.15, 0.2) is 6.29 Å². The molecule has 36 heavy (non-hydrogen) atoms. The van der Waals surface area contributed by atoms with Crippen molar-refractivity contribution in [3.05, 3.63) is 83.0 Å². The Morgan fingerprint density at radius 1 is 0.806 bits per heavy atom. The Hall–Kier alpha value is -4.07. The summed E-state index contributed by atoms with van der Waals surface area (Å²) in [6.07, 6.45) is -2.95. The first-order valence-electron chi connectivity index (χ1n) is 10.2. The molecule has 0 amide bonds. The molecule has 0 unspecified atom stereocenters. The molecular weight excluding hydrogens is 492 g/mol. The number of carbonyl (C=O) groups excluding carboxylic acids is 1. The van der Waals surface area contributed by atoms with E-state index in [0.29, 0.717) is 35.5 Å². The molecule has 14 heteroatoms. The first kappa shape index (κ1) is 26.5. The van der Waals surface area contributed by atoms with Gasteiger partial charge >= 0.3 is 12.4 Å². The Kier molecular flexibility index (Phi) is 7.57. The summed E-state index contributed by atoms with van der Waals surface area (Å²) in [5.74, 6) is 0. The molecule has 0 fully saturated rings. The summed E-state index contributed by atoms with van der Waals surface area (Å²) in [4.78, 5) is 17.3. The predicted octanol–water partition coefficient (Wildman–Crippen LogP) is 4.46. The number of nitrogens with two attached hydrogens (primary N) is 1. The van der Waals surface area contributed by atoms with Gasteiger partial charge < -0.3 is 5.73 Å². The van der Waals surface area contributed by atoms with Crippen LogP contribution in [-0.2, 0) is 18.9 Å². The molecule has 4 heterocycles. The first-order chi connectivity index (χ1) is 16.8. The molecule has 4 aromatic rings. The number of rotatable bonds is 4. The molecule has 4 aromatic heterocycles. The highest BCUT2D eigenvalue weighted by Gasteiger charge is 2.32. The number of alkyl halides is 6. The maximum Gasteiger partial charge on any atom is 0.433 e. The number of halogens is 6. The fourth-order valence-electron chi connectivity index (χ4n) is 2.93. The van der Waals surface area contributed by atoms with E-state index in [1.807, 2.05) is 0 Å². The first-order valence-corrected chi connectivity index (χ1v) is 10.2. The second-order valence-electron chi connectivity index (χ2n) is 7.42. The van der Waals surface area contributed by atoms with Crippen molar-refractivity contribution in [3.63, 3.8) is 0 Å². The summed E-state index contributed by atoms with van der Waals surface area (Å²) < 4.78 is 76.7. The van der Waals surface area contributed by atoms with E-state index < -0.39 is 23.7 Å². The van der Waals surface area contributed by atoms with Crippen LogP contribution in [0.3, 0.4) is 0 Å². The van der Waals surface area contributed by atoms with Gasteiger partial charge in [0.2, 0.25) is 0 Å². The number of aromatic nitrogens is 6. The van der Waals surface area contributed by atoms with Crippen LogP contribution in [-0.4, -0.2) is 35.8 Å². The molecular formula is C22H19F6N7O. The van der Waals surface area contributed by atoms with Gasteiger partial charge in [0.25, 0.3) is 0 Å². The van der Waals surface area contributed by atoms with Crippen molar-refractivity contribution in [2.45, 2.75) is 32.7 Å². The molecule has 4 rings (SSSR count). The fraction of sp³-hybridized carbons (Fsp3) is 0.227. The average Bonchev–Trinajstić information content (AvgIpc) is 3.40. The number of aldehydes is 1. The van der Waals surface area contributed by atoms with Crippen LogP contribution in [0, 0.1) is 13.8 Å². The minimum absolute atomic E-state index is 0.333. The predicted molar refractivity (Wildman–Crippen MR) is 115 cm³/mol. The van der Waals surface area contributed by atoms with Gasteiger partial charge in [-0.3, -0.25) is 4.79 Å².